The minimum Gasteiger partial charge on any atom is -0.490 e. The maximum atomic E-state index is 13.1. The predicted octanol–water partition coefficient (Wildman–Crippen LogP) is 3.01. The summed E-state index contributed by atoms with van der Waals surface area (Å²) in [6.45, 7) is 1.40. The van der Waals surface area contributed by atoms with Gasteiger partial charge in [0.15, 0.2) is 0 Å². The summed E-state index contributed by atoms with van der Waals surface area (Å²) in [4.78, 5) is 12.0. The summed E-state index contributed by atoms with van der Waals surface area (Å²) in [5, 5.41) is 9.56. The normalized spacial score (nSPS) is 15.4. The second kappa shape index (κ2) is 5.13. The Balaban J connectivity index is 2.42. The van der Waals surface area contributed by atoms with Gasteiger partial charge >= 0.3 is 12.4 Å². The van der Waals surface area contributed by atoms with Gasteiger partial charge in [0.2, 0.25) is 0 Å². The average molecular weight is 367 g/mol. The summed E-state index contributed by atoms with van der Waals surface area (Å²) < 4.78 is 85.1. The van der Waals surface area contributed by atoms with Crippen LogP contribution in [0.15, 0.2) is 23.0 Å². The highest BCUT2D eigenvalue weighted by Gasteiger charge is 2.71. The number of alkyl halides is 6. The van der Waals surface area contributed by atoms with Gasteiger partial charge in [-0.3, -0.25) is 4.79 Å². The molecule has 2 aromatic rings. The van der Waals surface area contributed by atoms with Gasteiger partial charge in [0.05, 0.1) is 12.1 Å². The number of pyridine rings is 1. The molecule has 25 heavy (non-hydrogen) atoms. The van der Waals surface area contributed by atoms with Crippen molar-refractivity contribution >= 4 is 10.9 Å². The zero-order valence-corrected chi connectivity index (χ0v) is 12.6. The summed E-state index contributed by atoms with van der Waals surface area (Å²) >= 11 is 0. The minimum absolute atomic E-state index is 0.0290. The van der Waals surface area contributed by atoms with Gasteiger partial charge in [0, 0.05) is 17.0 Å². The van der Waals surface area contributed by atoms with Crippen LogP contribution in [0.5, 0.6) is 5.75 Å². The van der Waals surface area contributed by atoms with Gasteiger partial charge in [-0.1, -0.05) is 0 Å². The fraction of sp³-hybridized carbons (Fsp3) is 0.400. The third-order valence-corrected chi connectivity index (χ3v) is 4.19. The first-order valence-electron chi connectivity index (χ1n) is 7.05. The lowest BCUT2D eigenvalue weighted by Crippen LogP contribution is -2.54. The molecule has 0 saturated heterocycles. The van der Waals surface area contributed by atoms with Crippen LogP contribution in [-0.2, 0) is 12.1 Å². The Bertz CT molecular complexity index is 899. The van der Waals surface area contributed by atoms with Crippen LogP contribution < -0.4 is 10.3 Å². The maximum Gasteiger partial charge on any atom is 0.430 e. The number of rotatable bonds is 1. The zero-order chi connectivity index (χ0) is 18.8. The van der Waals surface area contributed by atoms with Crippen LogP contribution in [0, 0.1) is 6.92 Å². The number of nitrogens with zero attached hydrogens (tertiary/aromatic N) is 1. The molecule has 1 aliphatic heterocycles. The molecular weight excluding hydrogens is 356 g/mol. The van der Waals surface area contributed by atoms with E-state index in [4.69, 9.17) is 4.74 Å². The smallest absolute Gasteiger partial charge is 0.430 e. The van der Waals surface area contributed by atoms with Gasteiger partial charge in [-0.15, -0.1) is 0 Å². The van der Waals surface area contributed by atoms with E-state index in [1.165, 1.54) is 11.5 Å². The van der Waals surface area contributed by atoms with Gasteiger partial charge < -0.3 is 14.4 Å². The van der Waals surface area contributed by atoms with Crippen molar-refractivity contribution in [2.45, 2.75) is 31.4 Å². The molecule has 0 atom stereocenters. The molecule has 3 rings (SSSR count). The summed E-state index contributed by atoms with van der Waals surface area (Å²) in [7, 11) is 0. The molecule has 1 aromatic heterocycles. The highest BCUT2D eigenvalue weighted by molar-refractivity contribution is 5.89. The number of benzene rings is 1. The van der Waals surface area contributed by atoms with Gasteiger partial charge in [0.25, 0.3) is 11.2 Å². The number of hydrogen-bond donors (Lipinski definition) is 1. The van der Waals surface area contributed by atoms with Gasteiger partial charge in [-0.25, -0.2) is 0 Å². The SMILES string of the molecule is Cc1cc(=O)n2c3c(cc(C(O)(C(F)(F)F)C(F)(F)F)cc13)OCC2. The third kappa shape index (κ3) is 2.38. The van der Waals surface area contributed by atoms with E-state index in [0.29, 0.717) is 12.1 Å². The van der Waals surface area contributed by atoms with E-state index in [-0.39, 0.29) is 35.4 Å². The molecular formula is C15H11F6NO3. The molecule has 0 fully saturated rings. The first kappa shape index (κ1) is 17.6. The molecule has 1 aromatic carbocycles. The lowest BCUT2D eigenvalue weighted by Gasteiger charge is -2.33. The number of hydrogen-bond acceptors (Lipinski definition) is 3. The number of aliphatic hydroxyl groups is 1. The quantitative estimate of drug-likeness (QED) is 0.789. The van der Waals surface area contributed by atoms with Gasteiger partial charge in [0.1, 0.15) is 12.4 Å². The maximum absolute atomic E-state index is 13.1. The first-order chi connectivity index (χ1) is 11.4. The van der Waals surface area contributed by atoms with E-state index in [9.17, 15) is 36.2 Å². The molecule has 1 aliphatic rings. The molecule has 136 valence electrons. The van der Waals surface area contributed by atoms with Crippen LogP contribution in [0.1, 0.15) is 11.1 Å². The standard InChI is InChI=1S/C15H11F6NO3/c1-7-4-11(23)22-2-3-25-10-6-8(5-9(7)12(10)22)13(24,14(16,17)18)15(19,20)21/h4-6,24H,2-3H2,1H3. The Morgan fingerprint density at radius 3 is 2.24 bits per heavy atom. The lowest BCUT2D eigenvalue weighted by molar-refractivity contribution is -0.376. The van der Waals surface area contributed by atoms with Crippen molar-refractivity contribution in [1.29, 1.82) is 0 Å². The fourth-order valence-electron chi connectivity index (χ4n) is 2.91. The molecule has 0 bridgehead atoms. The first-order valence-corrected chi connectivity index (χ1v) is 7.05. The summed E-state index contributed by atoms with van der Waals surface area (Å²) in [5.74, 6) is -0.313. The van der Waals surface area contributed by atoms with E-state index in [2.05, 4.69) is 0 Å². The second-order valence-corrected chi connectivity index (χ2v) is 5.74. The van der Waals surface area contributed by atoms with E-state index in [1.807, 2.05) is 0 Å². The van der Waals surface area contributed by atoms with Gasteiger partial charge in [-0.05, 0) is 24.6 Å². The molecule has 0 amide bonds. The lowest BCUT2D eigenvalue weighted by atomic mass is 9.90. The van der Waals surface area contributed by atoms with Crippen LogP contribution in [0.3, 0.4) is 0 Å². The average Bonchev–Trinajstić information content (AvgIpc) is 2.48. The molecule has 0 unspecified atom stereocenters. The predicted molar refractivity (Wildman–Crippen MR) is 74.4 cm³/mol. The molecule has 2 heterocycles. The minimum atomic E-state index is -6.00. The number of aromatic nitrogens is 1. The Hall–Kier alpha value is -2.23. The highest BCUT2D eigenvalue weighted by Crippen LogP contribution is 2.51. The van der Waals surface area contributed by atoms with E-state index in [0.717, 1.165) is 6.07 Å². The Kier molecular flexibility index (Phi) is 3.61. The molecule has 0 aliphatic carbocycles. The van der Waals surface area contributed by atoms with Crippen molar-refractivity contribution in [3.8, 4) is 5.75 Å². The molecule has 10 heteroatoms. The van der Waals surface area contributed by atoms with Crippen molar-refractivity contribution in [1.82, 2.24) is 4.57 Å². The molecule has 4 nitrogen and oxygen atoms in total. The zero-order valence-electron chi connectivity index (χ0n) is 12.6. The molecule has 0 saturated carbocycles. The van der Waals surface area contributed by atoms with E-state index >= 15 is 0 Å². The van der Waals surface area contributed by atoms with Crippen molar-refractivity contribution in [2.75, 3.05) is 6.61 Å². The Morgan fingerprint density at radius 1 is 1.08 bits per heavy atom. The van der Waals surface area contributed by atoms with E-state index < -0.39 is 29.1 Å². The van der Waals surface area contributed by atoms with Crippen molar-refractivity contribution in [2.24, 2.45) is 0 Å². The summed E-state index contributed by atoms with van der Waals surface area (Å²) in [5.41, 5.74) is -6.63. The monoisotopic (exact) mass is 367 g/mol. The van der Waals surface area contributed by atoms with Crippen molar-refractivity contribution in [3.05, 3.63) is 39.7 Å². The Morgan fingerprint density at radius 2 is 1.68 bits per heavy atom. The van der Waals surface area contributed by atoms with Gasteiger partial charge in [-0.2, -0.15) is 26.3 Å². The summed E-state index contributed by atoms with van der Waals surface area (Å²) in [6.07, 6.45) is -12.0. The van der Waals surface area contributed by atoms with Crippen LogP contribution in [0.2, 0.25) is 0 Å². The summed E-state index contributed by atoms with van der Waals surface area (Å²) in [6, 6.07) is 2.19. The third-order valence-electron chi connectivity index (χ3n) is 4.19. The van der Waals surface area contributed by atoms with Crippen molar-refractivity contribution in [3.63, 3.8) is 0 Å². The second-order valence-electron chi connectivity index (χ2n) is 5.74. The number of ether oxygens (including phenoxy) is 1. The van der Waals surface area contributed by atoms with Crippen LogP contribution >= 0.6 is 0 Å². The molecule has 1 N–H and O–H groups in total. The fourth-order valence-corrected chi connectivity index (χ4v) is 2.91. The highest BCUT2D eigenvalue weighted by atomic mass is 19.4. The molecule has 0 radical (unpaired) electrons. The van der Waals surface area contributed by atoms with Crippen LogP contribution in [-0.4, -0.2) is 28.6 Å². The number of halogens is 6. The van der Waals surface area contributed by atoms with Crippen LogP contribution in [0.25, 0.3) is 10.9 Å². The van der Waals surface area contributed by atoms with Crippen LogP contribution in [0.4, 0.5) is 26.3 Å². The number of aryl methyl sites for hydroxylation is 1. The largest absolute Gasteiger partial charge is 0.490 e. The Labute approximate surface area is 136 Å². The topological polar surface area (TPSA) is 51.5 Å². The van der Waals surface area contributed by atoms with Crippen molar-refractivity contribution < 1.29 is 36.2 Å². The van der Waals surface area contributed by atoms with E-state index in [1.54, 1.807) is 0 Å². The molecule has 0 spiro atoms.